The Morgan fingerprint density at radius 3 is 2.28 bits per heavy atom. The van der Waals surface area contributed by atoms with E-state index in [9.17, 15) is 18.4 Å². The first-order valence-electron chi connectivity index (χ1n) is 9.19. The molecule has 2 heterocycles. The van der Waals surface area contributed by atoms with Crippen molar-refractivity contribution in [1.29, 1.82) is 0 Å². The maximum absolute atomic E-state index is 13.3. The molecule has 2 aromatic carbocycles. The molecule has 0 saturated carbocycles. The van der Waals surface area contributed by atoms with Crippen molar-refractivity contribution in [3.63, 3.8) is 0 Å². The molecule has 0 aliphatic carbocycles. The van der Waals surface area contributed by atoms with Gasteiger partial charge in [-0.05, 0) is 35.4 Å². The molecule has 0 saturated heterocycles. The van der Waals surface area contributed by atoms with Crippen molar-refractivity contribution >= 4 is 11.9 Å². The van der Waals surface area contributed by atoms with Crippen LogP contribution in [-0.4, -0.2) is 34.8 Å². The van der Waals surface area contributed by atoms with Gasteiger partial charge < -0.3 is 10.2 Å². The summed E-state index contributed by atoms with van der Waals surface area (Å²) in [5.41, 5.74) is 2.48. The summed E-state index contributed by atoms with van der Waals surface area (Å²) in [5, 5.41) is 2.84. The summed E-state index contributed by atoms with van der Waals surface area (Å²) in [6, 6.07) is 10.7. The highest BCUT2D eigenvalue weighted by atomic mass is 19.1. The van der Waals surface area contributed by atoms with Crippen LogP contribution in [0.4, 0.5) is 13.6 Å². The molecule has 2 aromatic rings. The molecule has 148 valence electrons. The molecule has 1 N–H and O–H groups in total. The first kappa shape index (κ1) is 18.9. The topological polar surface area (TPSA) is 52.7 Å². The highest BCUT2D eigenvalue weighted by Gasteiger charge is 2.43. The lowest BCUT2D eigenvalue weighted by atomic mass is 9.95. The number of hydrogen-bond acceptors (Lipinski definition) is 2. The third-order valence-electron chi connectivity index (χ3n) is 5.10. The Hall–Kier alpha value is -3.48. The number of hydrogen-bond donors (Lipinski definition) is 1. The molecule has 5 nitrogen and oxygen atoms in total. The van der Waals surface area contributed by atoms with Crippen molar-refractivity contribution in [2.45, 2.75) is 12.6 Å². The molecule has 0 spiro atoms. The molecule has 3 amide bonds. The molecule has 2 aliphatic heterocycles. The number of carbonyl (C=O) groups excluding carboxylic acids is 2. The van der Waals surface area contributed by atoms with Gasteiger partial charge in [0.25, 0.3) is 5.91 Å². The number of nitrogens with zero attached hydrogens (tertiary/aromatic N) is 2. The van der Waals surface area contributed by atoms with Gasteiger partial charge in [-0.1, -0.05) is 30.3 Å². The van der Waals surface area contributed by atoms with Crippen LogP contribution in [0.2, 0.25) is 0 Å². The average molecular weight is 395 g/mol. The van der Waals surface area contributed by atoms with E-state index >= 15 is 0 Å². The Balaban J connectivity index is 1.69. The van der Waals surface area contributed by atoms with Gasteiger partial charge in [-0.25, -0.2) is 13.6 Å². The highest BCUT2D eigenvalue weighted by molar-refractivity contribution is 6.01. The fourth-order valence-corrected chi connectivity index (χ4v) is 3.71. The lowest BCUT2D eigenvalue weighted by molar-refractivity contribution is -0.126. The standard InChI is InChI=1S/C22H19F2N3O2/c1-2-11-27-18-13-26(12-14-3-7-16(23)8-4-14)21(28)19(18)20(25-22(27)29)15-5-9-17(24)10-6-15/h2-10,20H,1,11-13H2,(H,25,29)/t20-/m0/s1. The largest absolute Gasteiger partial charge is 0.329 e. The van der Waals surface area contributed by atoms with Crippen LogP contribution < -0.4 is 5.32 Å². The van der Waals surface area contributed by atoms with Crippen LogP contribution in [-0.2, 0) is 11.3 Å². The van der Waals surface area contributed by atoms with Crippen molar-refractivity contribution in [2.75, 3.05) is 13.1 Å². The second kappa shape index (κ2) is 7.50. The second-order valence-corrected chi connectivity index (χ2v) is 6.98. The summed E-state index contributed by atoms with van der Waals surface area (Å²) >= 11 is 0. The van der Waals surface area contributed by atoms with E-state index in [0.29, 0.717) is 23.4 Å². The molecule has 2 aliphatic rings. The summed E-state index contributed by atoms with van der Waals surface area (Å²) < 4.78 is 26.5. The van der Waals surface area contributed by atoms with E-state index in [4.69, 9.17) is 0 Å². The first-order valence-corrected chi connectivity index (χ1v) is 9.19. The van der Waals surface area contributed by atoms with Gasteiger partial charge in [-0.15, -0.1) is 6.58 Å². The third kappa shape index (κ3) is 3.51. The summed E-state index contributed by atoms with van der Waals surface area (Å²) in [4.78, 5) is 29.0. The van der Waals surface area contributed by atoms with Crippen LogP contribution in [0.15, 0.2) is 72.5 Å². The molecular weight excluding hydrogens is 376 g/mol. The third-order valence-corrected chi connectivity index (χ3v) is 5.10. The van der Waals surface area contributed by atoms with Crippen molar-refractivity contribution in [3.8, 4) is 0 Å². The smallest absolute Gasteiger partial charge is 0.322 e. The Morgan fingerprint density at radius 2 is 1.66 bits per heavy atom. The maximum atomic E-state index is 13.3. The van der Waals surface area contributed by atoms with E-state index < -0.39 is 11.9 Å². The normalized spacial score (nSPS) is 18.8. The number of benzene rings is 2. The Kier molecular flexibility index (Phi) is 4.88. The number of nitrogens with one attached hydrogen (secondary N) is 1. The monoisotopic (exact) mass is 395 g/mol. The summed E-state index contributed by atoms with van der Waals surface area (Å²) in [6.45, 7) is 4.49. The Labute approximate surface area is 166 Å². The van der Waals surface area contributed by atoms with Gasteiger partial charge >= 0.3 is 6.03 Å². The van der Waals surface area contributed by atoms with Gasteiger partial charge in [0.1, 0.15) is 11.6 Å². The lowest BCUT2D eigenvalue weighted by Gasteiger charge is -2.33. The lowest BCUT2D eigenvalue weighted by Crippen LogP contribution is -2.47. The molecule has 0 unspecified atom stereocenters. The second-order valence-electron chi connectivity index (χ2n) is 6.98. The minimum absolute atomic E-state index is 0.215. The van der Waals surface area contributed by atoms with E-state index in [1.54, 1.807) is 35.2 Å². The molecular formula is C22H19F2N3O2. The summed E-state index contributed by atoms with van der Waals surface area (Å²) in [6.07, 6.45) is 1.59. The molecule has 7 heteroatoms. The van der Waals surface area contributed by atoms with Crippen molar-refractivity contribution < 1.29 is 18.4 Å². The minimum atomic E-state index is -0.662. The minimum Gasteiger partial charge on any atom is -0.329 e. The molecule has 0 radical (unpaired) electrons. The average Bonchev–Trinajstić information content (AvgIpc) is 3.03. The molecule has 0 aromatic heterocycles. The molecule has 29 heavy (non-hydrogen) atoms. The fourth-order valence-electron chi connectivity index (χ4n) is 3.71. The summed E-state index contributed by atoms with van der Waals surface area (Å²) in [7, 11) is 0. The quantitative estimate of drug-likeness (QED) is 0.788. The Morgan fingerprint density at radius 1 is 1.03 bits per heavy atom. The number of urea groups is 1. The Bertz CT molecular complexity index is 1000. The van der Waals surface area contributed by atoms with Crippen molar-refractivity contribution in [3.05, 3.63) is 95.2 Å². The number of amides is 3. The highest BCUT2D eigenvalue weighted by Crippen LogP contribution is 2.36. The predicted molar refractivity (Wildman–Crippen MR) is 103 cm³/mol. The molecule has 1 atom stereocenters. The van der Waals surface area contributed by atoms with Crippen LogP contribution in [0.25, 0.3) is 0 Å². The van der Waals surface area contributed by atoms with Crippen LogP contribution in [0.1, 0.15) is 17.2 Å². The first-order chi connectivity index (χ1) is 14.0. The van der Waals surface area contributed by atoms with E-state index in [0.717, 1.165) is 5.56 Å². The van der Waals surface area contributed by atoms with Gasteiger partial charge in [-0.2, -0.15) is 0 Å². The van der Waals surface area contributed by atoms with Crippen LogP contribution in [0.5, 0.6) is 0 Å². The number of carbonyl (C=O) groups is 2. The van der Waals surface area contributed by atoms with E-state index in [2.05, 4.69) is 11.9 Å². The maximum Gasteiger partial charge on any atom is 0.322 e. The summed E-state index contributed by atoms with van der Waals surface area (Å²) in [5.74, 6) is -0.955. The zero-order valence-corrected chi connectivity index (χ0v) is 15.6. The van der Waals surface area contributed by atoms with Gasteiger partial charge in [0, 0.05) is 13.1 Å². The van der Waals surface area contributed by atoms with Crippen molar-refractivity contribution in [2.24, 2.45) is 0 Å². The van der Waals surface area contributed by atoms with Gasteiger partial charge in [0.2, 0.25) is 0 Å². The fraction of sp³-hybridized carbons (Fsp3) is 0.182. The molecule has 4 rings (SSSR count). The number of halogens is 2. The zero-order valence-electron chi connectivity index (χ0n) is 15.6. The molecule has 0 fully saturated rings. The van der Waals surface area contributed by atoms with Crippen LogP contribution >= 0.6 is 0 Å². The van der Waals surface area contributed by atoms with Crippen LogP contribution in [0, 0.1) is 11.6 Å². The molecule has 0 bridgehead atoms. The predicted octanol–water partition coefficient (Wildman–Crippen LogP) is 3.51. The van der Waals surface area contributed by atoms with E-state index in [1.807, 2.05) is 0 Å². The van der Waals surface area contributed by atoms with E-state index in [1.165, 1.54) is 29.2 Å². The zero-order chi connectivity index (χ0) is 20.5. The van der Waals surface area contributed by atoms with E-state index in [-0.39, 0.29) is 30.8 Å². The van der Waals surface area contributed by atoms with Gasteiger partial charge in [0.15, 0.2) is 0 Å². The van der Waals surface area contributed by atoms with Crippen molar-refractivity contribution in [1.82, 2.24) is 15.1 Å². The SMILES string of the molecule is C=CCN1C(=O)N[C@@H](c2ccc(F)cc2)C2=C1CN(Cc1ccc(F)cc1)C2=O. The van der Waals surface area contributed by atoms with Crippen LogP contribution in [0.3, 0.4) is 0 Å². The number of rotatable bonds is 5. The van der Waals surface area contributed by atoms with Gasteiger partial charge in [-0.3, -0.25) is 9.69 Å². The van der Waals surface area contributed by atoms with Gasteiger partial charge in [0.05, 0.1) is 23.9 Å².